The van der Waals surface area contributed by atoms with E-state index in [0.717, 1.165) is 12.1 Å². The first-order valence-corrected chi connectivity index (χ1v) is 8.06. The largest absolute Gasteiger partial charge is 0.507 e. The molecule has 0 aliphatic rings. The lowest BCUT2D eigenvalue weighted by atomic mass is 10.1. The highest BCUT2D eigenvalue weighted by atomic mass is 31.2. The number of hydrogen-bond acceptors (Lipinski definition) is 3. The van der Waals surface area contributed by atoms with Gasteiger partial charge in [0.15, 0.2) is 0 Å². The molecule has 1 heterocycles. The minimum absolute atomic E-state index is 0.140. The van der Waals surface area contributed by atoms with Crippen molar-refractivity contribution in [3.8, 4) is 5.75 Å². The molecule has 2 aromatic rings. The Bertz CT molecular complexity index is 660. The second-order valence-corrected chi connectivity index (χ2v) is 6.77. The molecule has 6 nitrogen and oxygen atoms in total. The highest BCUT2D eigenvalue weighted by Gasteiger charge is 2.18. The third-order valence-electron chi connectivity index (χ3n) is 3.13. The fourth-order valence-electron chi connectivity index (χ4n) is 2.27. The van der Waals surface area contributed by atoms with E-state index in [1.165, 1.54) is 4.57 Å². The molecule has 1 aromatic carbocycles. The normalized spacial score (nSPS) is 12.4. The van der Waals surface area contributed by atoms with Gasteiger partial charge in [-0.1, -0.05) is 6.07 Å². The lowest BCUT2D eigenvalue weighted by Crippen LogP contribution is -2.14. The monoisotopic (exact) mass is 298 g/mol. The molecule has 0 saturated carbocycles. The molecular weight excluding hydrogens is 279 g/mol. The maximum Gasteiger partial charge on any atom is 0.345 e. The fraction of sp³-hybridized carbons (Fsp3) is 0.385. The third kappa shape index (κ3) is 3.41. The smallest absolute Gasteiger partial charge is 0.345 e. The number of aromatic hydroxyl groups is 1. The van der Waals surface area contributed by atoms with Gasteiger partial charge in [-0.3, -0.25) is 4.57 Å². The zero-order valence-corrected chi connectivity index (χ0v) is 12.4. The molecule has 0 aliphatic heterocycles. The second-order valence-electron chi connectivity index (χ2n) is 5.15. The van der Waals surface area contributed by atoms with Crippen LogP contribution in [0.5, 0.6) is 5.75 Å². The molecule has 2 rings (SSSR count). The highest BCUT2D eigenvalue weighted by molar-refractivity contribution is 7.50. The molecule has 0 amide bonds. The Morgan fingerprint density at radius 3 is 2.60 bits per heavy atom. The van der Waals surface area contributed by atoms with Crippen LogP contribution in [0.15, 0.2) is 24.4 Å². The Balaban J connectivity index is 2.49. The molecule has 0 saturated heterocycles. The summed E-state index contributed by atoms with van der Waals surface area (Å²) in [6.45, 7) is 0.795. The van der Waals surface area contributed by atoms with Gasteiger partial charge in [0.1, 0.15) is 12.0 Å². The molecule has 1 aromatic heterocycles. The minimum Gasteiger partial charge on any atom is -0.507 e. The number of benzene rings is 1. The van der Waals surface area contributed by atoms with E-state index in [4.69, 9.17) is 9.79 Å². The number of nitrogens with zero attached hydrogens (tertiary/aromatic N) is 2. The van der Waals surface area contributed by atoms with E-state index in [-0.39, 0.29) is 12.0 Å². The summed E-state index contributed by atoms with van der Waals surface area (Å²) in [5.74, 6) is 0.140. The lowest BCUT2D eigenvalue weighted by molar-refractivity contribution is 0.363. The number of rotatable bonds is 5. The van der Waals surface area contributed by atoms with Crippen LogP contribution in [-0.2, 0) is 17.3 Å². The molecular formula is C13H19N2O4P. The molecule has 0 aliphatic carbocycles. The van der Waals surface area contributed by atoms with E-state index < -0.39 is 7.60 Å². The summed E-state index contributed by atoms with van der Waals surface area (Å²) in [6, 6.07) is 5.01. The molecule has 110 valence electrons. The standard InChI is InChI=1S/C13H19N2O4P/c1-14(2)7-6-10-8-15(9-20(17,18)19)11-4-3-5-12(16)13(10)11/h3-5,8,16H,6-7,9H2,1-2H3,(H2,17,18,19). The van der Waals surface area contributed by atoms with Gasteiger partial charge in [-0.2, -0.15) is 0 Å². The van der Waals surface area contributed by atoms with Crippen molar-refractivity contribution in [2.45, 2.75) is 12.7 Å². The number of fused-ring (bicyclic) bond motifs is 1. The molecule has 0 bridgehead atoms. The van der Waals surface area contributed by atoms with E-state index in [1.54, 1.807) is 24.4 Å². The van der Waals surface area contributed by atoms with Crippen LogP contribution < -0.4 is 0 Å². The number of hydrogen-bond donors (Lipinski definition) is 3. The molecule has 7 heteroatoms. The van der Waals surface area contributed by atoms with Crippen molar-refractivity contribution in [1.29, 1.82) is 0 Å². The predicted octanol–water partition coefficient (Wildman–Crippen LogP) is 1.59. The fourth-order valence-corrected chi connectivity index (χ4v) is 2.90. The van der Waals surface area contributed by atoms with Crippen molar-refractivity contribution in [2.24, 2.45) is 0 Å². The maximum absolute atomic E-state index is 11.2. The summed E-state index contributed by atoms with van der Waals surface area (Å²) in [6.07, 6.45) is 2.04. The number of aromatic nitrogens is 1. The zero-order valence-electron chi connectivity index (χ0n) is 11.5. The van der Waals surface area contributed by atoms with Crippen molar-refractivity contribution >= 4 is 18.5 Å². The summed E-state index contributed by atoms with van der Waals surface area (Å²) >= 11 is 0. The quantitative estimate of drug-likeness (QED) is 0.730. The van der Waals surface area contributed by atoms with Gasteiger partial charge in [0.2, 0.25) is 0 Å². The average Bonchev–Trinajstić information content (AvgIpc) is 2.64. The van der Waals surface area contributed by atoms with E-state index in [1.807, 2.05) is 19.0 Å². The molecule has 3 N–H and O–H groups in total. The minimum atomic E-state index is -4.16. The van der Waals surface area contributed by atoms with Gasteiger partial charge >= 0.3 is 7.60 Å². The topological polar surface area (TPSA) is 85.9 Å². The van der Waals surface area contributed by atoms with Crippen molar-refractivity contribution in [3.63, 3.8) is 0 Å². The van der Waals surface area contributed by atoms with Gasteiger partial charge < -0.3 is 24.4 Å². The average molecular weight is 298 g/mol. The van der Waals surface area contributed by atoms with Crippen LogP contribution >= 0.6 is 7.60 Å². The Morgan fingerprint density at radius 1 is 1.30 bits per heavy atom. The van der Waals surface area contributed by atoms with Gasteiger partial charge in [-0.25, -0.2) is 0 Å². The summed E-state index contributed by atoms with van der Waals surface area (Å²) in [7, 11) is -0.255. The van der Waals surface area contributed by atoms with Gasteiger partial charge in [-0.15, -0.1) is 0 Å². The SMILES string of the molecule is CN(C)CCc1cn(CP(=O)(O)O)c2cccc(O)c12. The van der Waals surface area contributed by atoms with Crippen LogP contribution in [0.25, 0.3) is 10.9 Å². The zero-order chi connectivity index (χ0) is 14.9. The van der Waals surface area contributed by atoms with Crippen LogP contribution in [0.2, 0.25) is 0 Å². The summed E-state index contributed by atoms with van der Waals surface area (Å²) < 4.78 is 12.7. The van der Waals surface area contributed by atoms with E-state index >= 15 is 0 Å². The van der Waals surface area contributed by atoms with Gasteiger partial charge in [0.25, 0.3) is 0 Å². The molecule has 0 fully saturated rings. The Morgan fingerprint density at radius 2 is 2.00 bits per heavy atom. The Hall–Kier alpha value is -1.33. The van der Waals surface area contributed by atoms with E-state index in [0.29, 0.717) is 17.3 Å². The van der Waals surface area contributed by atoms with Crippen molar-refractivity contribution in [2.75, 3.05) is 20.6 Å². The summed E-state index contributed by atoms with van der Waals surface area (Å²) in [5, 5.41) is 10.7. The first-order valence-electron chi connectivity index (χ1n) is 6.27. The number of phenols is 1. The number of likely N-dealkylation sites (N-methyl/N-ethyl adjacent to an activating group) is 1. The molecule has 0 atom stereocenters. The van der Waals surface area contributed by atoms with Crippen LogP contribution in [0, 0.1) is 0 Å². The molecule has 0 radical (unpaired) electrons. The van der Waals surface area contributed by atoms with Gasteiger partial charge in [0.05, 0.1) is 5.52 Å². The maximum atomic E-state index is 11.2. The Labute approximate surface area is 117 Å². The lowest BCUT2D eigenvalue weighted by Gasteiger charge is -2.08. The van der Waals surface area contributed by atoms with Crippen LogP contribution in [-0.4, -0.2) is 45.0 Å². The molecule has 0 unspecified atom stereocenters. The highest BCUT2D eigenvalue weighted by Crippen LogP contribution is 2.39. The Kier molecular flexibility index (Phi) is 4.20. The van der Waals surface area contributed by atoms with Crippen LogP contribution in [0.3, 0.4) is 0 Å². The van der Waals surface area contributed by atoms with Gasteiger partial charge in [0, 0.05) is 18.1 Å². The van der Waals surface area contributed by atoms with Crippen molar-refractivity contribution < 1.29 is 19.5 Å². The predicted molar refractivity (Wildman–Crippen MR) is 77.9 cm³/mol. The summed E-state index contributed by atoms with van der Waals surface area (Å²) in [4.78, 5) is 20.3. The summed E-state index contributed by atoms with van der Waals surface area (Å²) in [5.41, 5.74) is 1.53. The molecule has 20 heavy (non-hydrogen) atoms. The second kappa shape index (κ2) is 5.58. The van der Waals surface area contributed by atoms with E-state index in [2.05, 4.69) is 0 Å². The number of phenolic OH excluding ortho intramolecular Hbond substituents is 1. The van der Waals surface area contributed by atoms with Crippen molar-refractivity contribution in [3.05, 3.63) is 30.0 Å². The van der Waals surface area contributed by atoms with Crippen molar-refractivity contribution in [1.82, 2.24) is 9.47 Å². The van der Waals surface area contributed by atoms with Crippen LogP contribution in [0.4, 0.5) is 0 Å². The first-order chi connectivity index (χ1) is 9.28. The third-order valence-corrected chi connectivity index (χ3v) is 3.80. The van der Waals surface area contributed by atoms with E-state index in [9.17, 15) is 9.67 Å². The van der Waals surface area contributed by atoms with Gasteiger partial charge in [-0.05, 0) is 38.2 Å². The van der Waals surface area contributed by atoms with Crippen LogP contribution in [0.1, 0.15) is 5.56 Å². The first kappa shape index (κ1) is 15.1. The molecule has 0 spiro atoms.